The Hall–Kier alpha value is -3.97. The molecule has 0 aliphatic carbocycles. The quantitative estimate of drug-likeness (QED) is 0.555. The van der Waals surface area contributed by atoms with Gasteiger partial charge < -0.3 is 19.5 Å². The highest BCUT2D eigenvalue weighted by atomic mass is 32.2. The highest BCUT2D eigenvalue weighted by Crippen LogP contribution is 2.34. The van der Waals surface area contributed by atoms with Gasteiger partial charge in [0, 0.05) is 0 Å². The largest absolute Gasteiger partial charge is 0.495 e. The van der Waals surface area contributed by atoms with E-state index in [1.807, 2.05) is 13.0 Å². The van der Waals surface area contributed by atoms with Crippen LogP contribution in [0.3, 0.4) is 0 Å². The normalized spacial score (nSPS) is 14.2. The summed E-state index contributed by atoms with van der Waals surface area (Å²) < 4.78 is 16.1. The molecule has 0 bridgehead atoms. The summed E-state index contributed by atoms with van der Waals surface area (Å²) in [6, 6.07) is 13.7. The number of hydrogen-bond acceptors (Lipinski definition) is 8. The first-order valence-corrected chi connectivity index (χ1v) is 10.7. The molecular weight excluding hydrogens is 446 g/mol. The number of thioether (sulfide) groups is 1. The number of hydrogen-bond donors (Lipinski definition) is 1. The molecule has 10 heteroatoms. The molecule has 0 atom stereocenters. The molecule has 0 radical (unpaired) electrons. The minimum Gasteiger partial charge on any atom is -0.495 e. The van der Waals surface area contributed by atoms with Crippen molar-refractivity contribution in [3.8, 4) is 23.3 Å². The molecule has 1 N–H and O–H groups in total. The van der Waals surface area contributed by atoms with Crippen LogP contribution in [0.1, 0.15) is 12.5 Å². The molecule has 1 saturated heterocycles. The molecular formula is C23H21N3O6S. The van der Waals surface area contributed by atoms with E-state index in [0.717, 1.165) is 16.7 Å². The second-order valence-corrected chi connectivity index (χ2v) is 7.60. The van der Waals surface area contributed by atoms with Crippen LogP contribution in [0.2, 0.25) is 0 Å². The van der Waals surface area contributed by atoms with Crippen LogP contribution in [-0.4, -0.2) is 48.8 Å². The second-order valence-electron chi connectivity index (χ2n) is 6.60. The summed E-state index contributed by atoms with van der Waals surface area (Å²) in [5, 5.41) is 10.8. The van der Waals surface area contributed by atoms with Crippen LogP contribution in [0.15, 0.2) is 47.4 Å². The van der Waals surface area contributed by atoms with E-state index >= 15 is 0 Å². The summed E-state index contributed by atoms with van der Waals surface area (Å²) in [5.74, 6) is 0.185. The number of nitrogens with one attached hydrogen (secondary N) is 1. The van der Waals surface area contributed by atoms with Gasteiger partial charge in [0.1, 0.15) is 18.4 Å². The van der Waals surface area contributed by atoms with E-state index in [1.165, 1.54) is 7.11 Å². The lowest BCUT2D eigenvalue weighted by molar-refractivity contribution is -0.127. The van der Waals surface area contributed by atoms with Gasteiger partial charge in [-0.25, -0.2) is 0 Å². The third-order valence-corrected chi connectivity index (χ3v) is 5.32. The van der Waals surface area contributed by atoms with E-state index in [2.05, 4.69) is 5.32 Å². The fourth-order valence-corrected chi connectivity index (χ4v) is 3.82. The highest BCUT2D eigenvalue weighted by molar-refractivity contribution is 8.18. The van der Waals surface area contributed by atoms with Gasteiger partial charge in [-0.2, -0.15) is 5.26 Å². The lowest BCUT2D eigenvalue weighted by Gasteiger charge is -2.14. The monoisotopic (exact) mass is 467 g/mol. The number of carbonyl (C=O) groups is 3. The van der Waals surface area contributed by atoms with Crippen molar-refractivity contribution < 1.29 is 28.6 Å². The molecule has 1 fully saturated rings. The zero-order valence-electron chi connectivity index (χ0n) is 18.0. The van der Waals surface area contributed by atoms with Crippen LogP contribution >= 0.6 is 11.8 Å². The fraction of sp³-hybridized carbons (Fsp3) is 0.217. The smallest absolute Gasteiger partial charge is 0.294 e. The van der Waals surface area contributed by atoms with Crippen LogP contribution in [0.5, 0.6) is 17.2 Å². The predicted octanol–water partition coefficient (Wildman–Crippen LogP) is 3.67. The second kappa shape index (κ2) is 11.1. The minimum atomic E-state index is -0.567. The van der Waals surface area contributed by atoms with E-state index in [0.29, 0.717) is 35.1 Å². The number of rotatable bonds is 9. The molecule has 9 nitrogen and oxygen atoms in total. The number of nitrogens with zero attached hydrogens (tertiary/aromatic N) is 2. The van der Waals surface area contributed by atoms with Crippen LogP contribution in [-0.2, 0) is 9.59 Å². The molecule has 0 unspecified atom stereocenters. The van der Waals surface area contributed by atoms with Crippen LogP contribution in [0.4, 0.5) is 10.5 Å². The Morgan fingerprint density at radius 3 is 2.67 bits per heavy atom. The fourth-order valence-electron chi connectivity index (χ4n) is 2.98. The average Bonchev–Trinajstić information content (AvgIpc) is 3.06. The molecule has 1 aliphatic rings. The number of para-hydroxylation sites is 2. The lowest BCUT2D eigenvalue weighted by Crippen LogP contribution is -2.36. The molecule has 0 aromatic heterocycles. The zero-order chi connectivity index (χ0) is 23.8. The van der Waals surface area contributed by atoms with Crippen molar-refractivity contribution in [3.63, 3.8) is 0 Å². The molecule has 2 aromatic rings. The maximum Gasteiger partial charge on any atom is 0.294 e. The Kier molecular flexibility index (Phi) is 7.94. The number of ether oxygens (including phenoxy) is 3. The van der Waals surface area contributed by atoms with Crippen molar-refractivity contribution in [2.75, 3.05) is 32.2 Å². The van der Waals surface area contributed by atoms with E-state index in [-0.39, 0.29) is 11.5 Å². The molecule has 0 spiro atoms. The van der Waals surface area contributed by atoms with Crippen molar-refractivity contribution in [1.29, 1.82) is 5.26 Å². The van der Waals surface area contributed by atoms with Gasteiger partial charge in [0.25, 0.3) is 11.1 Å². The van der Waals surface area contributed by atoms with Crippen molar-refractivity contribution in [3.05, 3.63) is 52.9 Å². The molecule has 3 amide bonds. The number of imide groups is 1. The standard InChI is InChI=1S/C23H21N3O6S/c1-3-31-19-12-15(8-9-18(19)32-11-10-24)13-20-22(28)26(23(29)33-20)14-21(27)25-16-6-4-5-7-17(16)30-2/h4-9,12-13H,3,11,14H2,1-2H3,(H,25,27)/b20-13-. The van der Waals surface area contributed by atoms with E-state index < -0.39 is 23.6 Å². The zero-order valence-corrected chi connectivity index (χ0v) is 18.8. The van der Waals surface area contributed by atoms with Gasteiger partial charge in [-0.1, -0.05) is 18.2 Å². The number of amides is 3. The van der Waals surface area contributed by atoms with Gasteiger partial charge in [0.05, 0.1) is 24.3 Å². The van der Waals surface area contributed by atoms with E-state index in [9.17, 15) is 14.4 Å². The first kappa shape index (κ1) is 23.7. The molecule has 170 valence electrons. The van der Waals surface area contributed by atoms with Crippen molar-refractivity contribution in [2.45, 2.75) is 6.92 Å². The highest BCUT2D eigenvalue weighted by Gasteiger charge is 2.36. The van der Waals surface area contributed by atoms with E-state index in [4.69, 9.17) is 19.5 Å². The molecule has 2 aromatic carbocycles. The summed E-state index contributed by atoms with van der Waals surface area (Å²) in [4.78, 5) is 38.7. The van der Waals surface area contributed by atoms with Gasteiger partial charge >= 0.3 is 0 Å². The Labute approximate surface area is 194 Å². The number of benzene rings is 2. The van der Waals surface area contributed by atoms with Crippen molar-refractivity contribution in [1.82, 2.24) is 4.90 Å². The summed E-state index contributed by atoms with van der Waals surface area (Å²) in [5.41, 5.74) is 1.04. The Morgan fingerprint density at radius 2 is 1.94 bits per heavy atom. The topological polar surface area (TPSA) is 118 Å². The predicted molar refractivity (Wildman–Crippen MR) is 123 cm³/mol. The molecule has 1 aliphatic heterocycles. The Morgan fingerprint density at radius 1 is 1.15 bits per heavy atom. The maximum atomic E-state index is 12.8. The van der Waals surface area contributed by atoms with Gasteiger partial charge in [-0.3, -0.25) is 19.3 Å². The number of carbonyl (C=O) groups excluding carboxylic acids is 3. The number of anilines is 1. The van der Waals surface area contributed by atoms with Crippen LogP contribution in [0.25, 0.3) is 6.08 Å². The summed E-state index contributed by atoms with van der Waals surface area (Å²) in [7, 11) is 1.48. The third-order valence-electron chi connectivity index (χ3n) is 4.41. The molecule has 3 rings (SSSR count). The van der Waals surface area contributed by atoms with Gasteiger partial charge in [0.2, 0.25) is 5.91 Å². The molecule has 33 heavy (non-hydrogen) atoms. The summed E-state index contributed by atoms with van der Waals surface area (Å²) >= 11 is 0.749. The van der Waals surface area contributed by atoms with Crippen LogP contribution < -0.4 is 19.5 Å². The first-order valence-electron chi connectivity index (χ1n) is 9.91. The summed E-state index contributed by atoms with van der Waals surface area (Å²) in [6.07, 6.45) is 1.54. The molecule has 1 heterocycles. The lowest BCUT2D eigenvalue weighted by atomic mass is 10.2. The maximum absolute atomic E-state index is 12.8. The molecule has 0 saturated carbocycles. The van der Waals surface area contributed by atoms with Crippen molar-refractivity contribution >= 4 is 40.6 Å². The average molecular weight is 468 g/mol. The Bertz CT molecular complexity index is 1140. The van der Waals surface area contributed by atoms with Gasteiger partial charge in [0.15, 0.2) is 18.1 Å². The van der Waals surface area contributed by atoms with Crippen LogP contribution in [0, 0.1) is 11.3 Å². The number of nitriles is 1. The van der Waals surface area contributed by atoms with E-state index in [1.54, 1.807) is 48.5 Å². The van der Waals surface area contributed by atoms with Gasteiger partial charge in [-0.15, -0.1) is 0 Å². The minimum absolute atomic E-state index is 0.130. The Balaban J connectivity index is 1.73. The first-order chi connectivity index (χ1) is 16.0. The SMILES string of the molecule is CCOc1cc(/C=C2\SC(=O)N(CC(=O)Nc3ccccc3OC)C2=O)ccc1OCC#N. The number of methoxy groups -OCH3 is 1. The van der Waals surface area contributed by atoms with Crippen molar-refractivity contribution in [2.24, 2.45) is 0 Å². The van der Waals surface area contributed by atoms with Gasteiger partial charge in [-0.05, 0) is 54.6 Å². The third kappa shape index (κ3) is 5.84. The summed E-state index contributed by atoms with van der Waals surface area (Å²) in [6.45, 7) is 1.63.